The third kappa shape index (κ3) is 3.07. The molecule has 0 aliphatic heterocycles. The highest BCUT2D eigenvalue weighted by molar-refractivity contribution is 7.90. The van der Waals surface area contributed by atoms with Crippen molar-refractivity contribution in [1.29, 1.82) is 0 Å². The third-order valence-corrected chi connectivity index (χ3v) is 5.21. The molecule has 1 saturated carbocycles. The zero-order valence-corrected chi connectivity index (χ0v) is 12.3. The minimum Gasteiger partial charge on any atom is -0.481 e. The number of hydrogen-bond acceptors (Lipinski definition) is 3. The SMILES string of the molecule is CS(=O)(=O)c1ccc(C2(C(=O)O)CCC(F)(F)CC2)cc1. The fourth-order valence-electron chi connectivity index (χ4n) is 2.69. The summed E-state index contributed by atoms with van der Waals surface area (Å²) in [5.41, 5.74) is -0.990. The van der Waals surface area contributed by atoms with E-state index in [2.05, 4.69) is 0 Å². The van der Waals surface area contributed by atoms with Crippen LogP contribution >= 0.6 is 0 Å². The average Bonchev–Trinajstić information content (AvgIpc) is 2.38. The molecule has 0 bridgehead atoms. The molecular formula is C14H16F2O4S. The molecule has 1 aromatic rings. The molecule has 1 fully saturated rings. The van der Waals surface area contributed by atoms with Crippen LogP contribution in [0, 0.1) is 0 Å². The van der Waals surface area contributed by atoms with E-state index in [9.17, 15) is 27.1 Å². The lowest BCUT2D eigenvalue weighted by molar-refractivity contribution is -0.149. The number of carboxylic acids is 1. The van der Waals surface area contributed by atoms with E-state index < -0.39 is 40.0 Å². The number of carbonyl (C=O) groups is 1. The Morgan fingerprint density at radius 3 is 1.95 bits per heavy atom. The minimum atomic E-state index is -3.38. The van der Waals surface area contributed by atoms with Gasteiger partial charge in [-0.1, -0.05) is 12.1 Å². The molecule has 1 aromatic carbocycles. The predicted molar refractivity (Wildman–Crippen MR) is 72.3 cm³/mol. The molecule has 116 valence electrons. The lowest BCUT2D eigenvalue weighted by Crippen LogP contribution is -2.42. The second kappa shape index (κ2) is 5.05. The van der Waals surface area contributed by atoms with E-state index in [0.717, 1.165) is 6.26 Å². The quantitative estimate of drug-likeness (QED) is 0.930. The van der Waals surface area contributed by atoms with Gasteiger partial charge in [0.15, 0.2) is 9.84 Å². The second-order valence-corrected chi connectivity index (χ2v) is 7.56. The lowest BCUT2D eigenvalue weighted by atomic mass is 9.68. The Hall–Kier alpha value is -1.50. The van der Waals surface area contributed by atoms with Gasteiger partial charge in [0.2, 0.25) is 5.92 Å². The Bertz CT molecular complexity index is 640. The molecule has 1 N–H and O–H groups in total. The maximum Gasteiger partial charge on any atom is 0.314 e. The molecule has 0 amide bonds. The number of halogens is 2. The van der Waals surface area contributed by atoms with Crippen LogP contribution in [0.3, 0.4) is 0 Å². The lowest BCUT2D eigenvalue weighted by Gasteiger charge is -2.37. The molecular weight excluding hydrogens is 302 g/mol. The zero-order valence-electron chi connectivity index (χ0n) is 11.5. The maximum atomic E-state index is 13.3. The topological polar surface area (TPSA) is 71.4 Å². The van der Waals surface area contributed by atoms with E-state index in [1.54, 1.807) is 0 Å². The van der Waals surface area contributed by atoms with Gasteiger partial charge in [0.1, 0.15) is 0 Å². The van der Waals surface area contributed by atoms with E-state index in [-0.39, 0.29) is 17.7 Å². The van der Waals surface area contributed by atoms with Crippen LogP contribution in [0.4, 0.5) is 8.78 Å². The molecule has 4 nitrogen and oxygen atoms in total. The van der Waals surface area contributed by atoms with Crippen LogP contribution in [-0.2, 0) is 20.0 Å². The molecule has 0 aromatic heterocycles. The first kappa shape index (κ1) is 15.9. The number of sulfone groups is 1. The van der Waals surface area contributed by atoms with Crippen molar-refractivity contribution in [2.75, 3.05) is 6.26 Å². The molecule has 0 radical (unpaired) electrons. The number of carboxylic acid groups (broad SMARTS) is 1. The summed E-state index contributed by atoms with van der Waals surface area (Å²) in [6.07, 6.45) is -0.225. The van der Waals surface area contributed by atoms with Gasteiger partial charge in [-0.3, -0.25) is 4.79 Å². The standard InChI is InChI=1S/C14H16F2O4S/c1-21(19,20)11-4-2-10(3-5-11)13(12(17)18)6-8-14(15,16)9-7-13/h2-5H,6-9H2,1H3,(H,17,18). The molecule has 1 aliphatic carbocycles. The van der Waals surface area contributed by atoms with E-state index in [0.29, 0.717) is 5.56 Å². The molecule has 0 atom stereocenters. The molecule has 7 heteroatoms. The first-order valence-corrected chi connectivity index (χ1v) is 8.38. The first-order valence-electron chi connectivity index (χ1n) is 6.49. The Kier molecular flexibility index (Phi) is 3.82. The largest absolute Gasteiger partial charge is 0.481 e. The van der Waals surface area contributed by atoms with E-state index in [1.807, 2.05) is 0 Å². The van der Waals surface area contributed by atoms with Crippen molar-refractivity contribution in [2.45, 2.75) is 41.9 Å². The van der Waals surface area contributed by atoms with Gasteiger partial charge in [0.05, 0.1) is 10.3 Å². The normalized spacial score (nSPS) is 20.9. The molecule has 21 heavy (non-hydrogen) atoms. The average molecular weight is 318 g/mol. The molecule has 0 spiro atoms. The molecule has 0 unspecified atom stereocenters. The fourth-order valence-corrected chi connectivity index (χ4v) is 3.32. The molecule has 0 heterocycles. The van der Waals surface area contributed by atoms with Crippen LogP contribution in [-0.4, -0.2) is 31.7 Å². The third-order valence-electron chi connectivity index (χ3n) is 4.08. The molecule has 2 rings (SSSR count). The van der Waals surface area contributed by atoms with Crippen LogP contribution in [0.25, 0.3) is 0 Å². The van der Waals surface area contributed by atoms with Crippen molar-refractivity contribution >= 4 is 15.8 Å². The highest BCUT2D eigenvalue weighted by Gasteiger charge is 2.49. The van der Waals surface area contributed by atoms with E-state index >= 15 is 0 Å². The summed E-state index contributed by atoms with van der Waals surface area (Å²) in [4.78, 5) is 11.7. The van der Waals surface area contributed by atoms with Gasteiger partial charge in [-0.2, -0.15) is 0 Å². The summed E-state index contributed by atoms with van der Waals surface area (Å²) < 4.78 is 49.4. The summed E-state index contributed by atoms with van der Waals surface area (Å²) in [5, 5.41) is 9.48. The predicted octanol–water partition coefficient (Wildman–Crippen LogP) is 2.62. The van der Waals surface area contributed by atoms with Gasteiger partial charge in [-0.25, -0.2) is 17.2 Å². The van der Waals surface area contributed by atoms with Crippen molar-refractivity contribution in [1.82, 2.24) is 0 Å². The highest BCUT2D eigenvalue weighted by Crippen LogP contribution is 2.45. The monoisotopic (exact) mass is 318 g/mol. The van der Waals surface area contributed by atoms with Crippen molar-refractivity contribution in [3.63, 3.8) is 0 Å². The summed E-state index contributed by atoms with van der Waals surface area (Å²) in [6.45, 7) is 0. The first-order chi connectivity index (χ1) is 9.57. The number of rotatable bonds is 3. The number of hydrogen-bond donors (Lipinski definition) is 1. The van der Waals surface area contributed by atoms with Gasteiger partial charge in [0, 0.05) is 19.1 Å². The number of alkyl halides is 2. The molecule has 1 aliphatic rings. The van der Waals surface area contributed by atoms with Gasteiger partial charge in [-0.15, -0.1) is 0 Å². The highest BCUT2D eigenvalue weighted by atomic mass is 32.2. The van der Waals surface area contributed by atoms with Crippen molar-refractivity contribution < 1.29 is 27.1 Å². The van der Waals surface area contributed by atoms with Crippen LogP contribution in [0.5, 0.6) is 0 Å². The smallest absolute Gasteiger partial charge is 0.314 e. The Balaban J connectivity index is 2.39. The van der Waals surface area contributed by atoms with Gasteiger partial charge < -0.3 is 5.11 Å². The van der Waals surface area contributed by atoms with Gasteiger partial charge in [0.25, 0.3) is 0 Å². The molecule has 0 saturated heterocycles. The fraction of sp³-hybridized carbons (Fsp3) is 0.500. The summed E-state index contributed by atoms with van der Waals surface area (Å²) in [5.74, 6) is -3.98. The summed E-state index contributed by atoms with van der Waals surface area (Å²) in [6, 6.07) is 5.46. The van der Waals surface area contributed by atoms with Gasteiger partial charge in [-0.05, 0) is 30.5 Å². The second-order valence-electron chi connectivity index (χ2n) is 5.54. The number of benzene rings is 1. The summed E-state index contributed by atoms with van der Waals surface area (Å²) >= 11 is 0. The van der Waals surface area contributed by atoms with Crippen LogP contribution in [0.1, 0.15) is 31.2 Å². The number of aliphatic carboxylic acids is 1. The Morgan fingerprint density at radius 1 is 1.10 bits per heavy atom. The maximum absolute atomic E-state index is 13.3. The van der Waals surface area contributed by atoms with Crippen molar-refractivity contribution in [2.24, 2.45) is 0 Å². The Labute approximate surface area is 121 Å². The minimum absolute atomic E-state index is 0.0768. The van der Waals surface area contributed by atoms with E-state index in [4.69, 9.17) is 0 Å². The van der Waals surface area contributed by atoms with Gasteiger partial charge >= 0.3 is 5.97 Å². The van der Waals surface area contributed by atoms with E-state index in [1.165, 1.54) is 24.3 Å². The van der Waals surface area contributed by atoms with Crippen molar-refractivity contribution in [3.05, 3.63) is 29.8 Å². The van der Waals surface area contributed by atoms with Crippen LogP contribution in [0.15, 0.2) is 29.2 Å². The van der Waals surface area contributed by atoms with Crippen LogP contribution in [0.2, 0.25) is 0 Å². The zero-order chi connectivity index (χ0) is 15.9. The Morgan fingerprint density at radius 2 is 1.57 bits per heavy atom. The summed E-state index contributed by atoms with van der Waals surface area (Å²) in [7, 11) is -3.38. The van der Waals surface area contributed by atoms with Crippen molar-refractivity contribution in [3.8, 4) is 0 Å². The van der Waals surface area contributed by atoms with Crippen LogP contribution < -0.4 is 0 Å².